The first-order valence-corrected chi connectivity index (χ1v) is 3.66. The summed E-state index contributed by atoms with van der Waals surface area (Å²) < 4.78 is 9.20. The smallest absolute Gasteiger partial charge is 0.376 e. The predicted molar refractivity (Wildman–Crippen MR) is 43.7 cm³/mol. The van der Waals surface area contributed by atoms with E-state index in [4.69, 9.17) is 10.8 Å². The normalized spacial score (nSPS) is 12.5. The van der Waals surface area contributed by atoms with Crippen molar-refractivity contribution < 1.29 is 19.3 Å². The summed E-state index contributed by atoms with van der Waals surface area (Å²) in [5.41, 5.74) is 4.91. The SMILES string of the molecule is COc1noc(C(N)CO)c1[N+](=O)[O-]. The van der Waals surface area contributed by atoms with Crippen molar-refractivity contribution in [3.63, 3.8) is 0 Å². The molecule has 1 aromatic heterocycles. The highest BCUT2D eigenvalue weighted by Crippen LogP contribution is 2.32. The summed E-state index contributed by atoms with van der Waals surface area (Å²) in [4.78, 5) is 9.85. The summed E-state index contributed by atoms with van der Waals surface area (Å²) >= 11 is 0. The molecule has 0 aliphatic rings. The molecule has 8 nitrogen and oxygen atoms in total. The van der Waals surface area contributed by atoms with Gasteiger partial charge in [0.15, 0.2) is 0 Å². The molecule has 0 amide bonds. The number of hydrogen-bond acceptors (Lipinski definition) is 7. The lowest BCUT2D eigenvalue weighted by molar-refractivity contribution is -0.387. The van der Waals surface area contributed by atoms with Crippen LogP contribution in [0.15, 0.2) is 4.52 Å². The van der Waals surface area contributed by atoms with Crippen molar-refractivity contribution in [2.75, 3.05) is 13.7 Å². The highest BCUT2D eigenvalue weighted by atomic mass is 16.6. The van der Waals surface area contributed by atoms with E-state index in [0.717, 1.165) is 0 Å². The Morgan fingerprint density at radius 1 is 1.86 bits per heavy atom. The Hall–Kier alpha value is -1.67. The zero-order valence-corrected chi connectivity index (χ0v) is 7.34. The van der Waals surface area contributed by atoms with Crippen LogP contribution in [-0.4, -0.2) is 28.9 Å². The number of aromatic nitrogens is 1. The molecule has 0 radical (unpaired) electrons. The number of aliphatic hydroxyl groups excluding tert-OH is 1. The van der Waals surface area contributed by atoms with Gasteiger partial charge in [-0.05, 0) is 5.16 Å². The topological polar surface area (TPSA) is 125 Å². The standard InChI is InChI=1S/C6H9N3O5/c1-13-6-4(9(11)12)5(14-8-6)3(7)2-10/h3,10H,2,7H2,1H3. The van der Waals surface area contributed by atoms with E-state index in [1.165, 1.54) is 7.11 Å². The summed E-state index contributed by atoms with van der Waals surface area (Å²) in [5.74, 6) is -0.455. The lowest BCUT2D eigenvalue weighted by atomic mass is 10.2. The molecule has 1 atom stereocenters. The minimum Gasteiger partial charge on any atom is -0.474 e. The molecule has 0 fully saturated rings. The number of aliphatic hydroxyl groups is 1. The fourth-order valence-corrected chi connectivity index (χ4v) is 0.911. The molecule has 0 spiro atoms. The van der Waals surface area contributed by atoms with Crippen molar-refractivity contribution >= 4 is 5.69 Å². The van der Waals surface area contributed by atoms with Gasteiger partial charge in [0.25, 0.3) is 0 Å². The molecule has 1 unspecified atom stereocenters. The Balaban J connectivity index is 3.17. The Kier molecular flexibility index (Phi) is 2.99. The lowest BCUT2D eigenvalue weighted by Gasteiger charge is -2.00. The monoisotopic (exact) mass is 203 g/mol. The molecule has 3 N–H and O–H groups in total. The number of nitro groups is 1. The number of nitrogens with zero attached hydrogens (tertiary/aromatic N) is 2. The van der Waals surface area contributed by atoms with Gasteiger partial charge in [-0.2, -0.15) is 0 Å². The zero-order valence-electron chi connectivity index (χ0n) is 7.34. The van der Waals surface area contributed by atoms with E-state index in [1.807, 2.05) is 0 Å². The van der Waals surface area contributed by atoms with Gasteiger partial charge in [0.2, 0.25) is 5.76 Å². The summed E-state index contributed by atoms with van der Waals surface area (Å²) in [6.45, 7) is -0.473. The van der Waals surface area contributed by atoms with Crippen LogP contribution < -0.4 is 10.5 Å². The molecule has 0 aromatic carbocycles. The molecule has 14 heavy (non-hydrogen) atoms. The van der Waals surface area contributed by atoms with Gasteiger partial charge in [0.05, 0.1) is 24.7 Å². The zero-order chi connectivity index (χ0) is 10.7. The summed E-state index contributed by atoms with van der Waals surface area (Å²) in [6, 6.07) is -0.980. The molecule has 1 heterocycles. The van der Waals surface area contributed by atoms with Gasteiger partial charge in [-0.3, -0.25) is 10.1 Å². The fourth-order valence-electron chi connectivity index (χ4n) is 0.911. The molecule has 0 aliphatic carbocycles. The quantitative estimate of drug-likeness (QED) is 0.503. The van der Waals surface area contributed by atoms with Crippen LogP contribution in [0, 0.1) is 10.1 Å². The number of methoxy groups -OCH3 is 1. The van der Waals surface area contributed by atoms with Crippen LogP contribution in [0.25, 0.3) is 0 Å². The van der Waals surface area contributed by atoms with Gasteiger partial charge in [-0.25, -0.2) is 0 Å². The van der Waals surface area contributed by atoms with E-state index < -0.39 is 23.3 Å². The summed E-state index contributed by atoms with van der Waals surface area (Å²) in [7, 11) is 1.22. The summed E-state index contributed by atoms with van der Waals surface area (Å²) in [5, 5.41) is 22.6. The number of rotatable bonds is 4. The van der Waals surface area contributed by atoms with Gasteiger partial charge < -0.3 is 20.1 Å². The van der Waals surface area contributed by atoms with E-state index >= 15 is 0 Å². The molecule has 0 saturated heterocycles. The van der Waals surface area contributed by atoms with Crippen LogP contribution in [0.2, 0.25) is 0 Å². The fraction of sp³-hybridized carbons (Fsp3) is 0.500. The Morgan fingerprint density at radius 2 is 2.50 bits per heavy atom. The van der Waals surface area contributed by atoms with Crippen molar-refractivity contribution in [2.24, 2.45) is 5.73 Å². The highest BCUT2D eigenvalue weighted by Gasteiger charge is 2.31. The molecule has 78 valence electrons. The Morgan fingerprint density at radius 3 is 2.93 bits per heavy atom. The van der Waals surface area contributed by atoms with E-state index in [9.17, 15) is 10.1 Å². The first kappa shape index (κ1) is 10.4. The number of hydrogen-bond donors (Lipinski definition) is 2. The Labute approximate surface area is 78.4 Å². The molecular weight excluding hydrogens is 194 g/mol. The van der Waals surface area contributed by atoms with E-state index in [2.05, 4.69) is 14.4 Å². The largest absolute Gasteiger partial charge is 0.474 e. The van der Waals surface area contributed by atoms with Crippen LogP contribution in [0.1, 0.15) is 11.8 Å². The van der Waals surface area contributed by atoms with Crippen LogP contribution >= 0.6 is 0 Å². The molecule has 0 aliphatic heterocycles. The molecule has 0 saturated carbocycles. The lowest BCUT2D eigenvalue weighted by Crippen LogP contribution is -2.15. The second-order valence-electron chi connectivity index (χ2n) is 2.45. The van der Waals surface area contributed by atoms with Crippen LogP contribution in [-0.2, 0) is 0 Å². The number of ether oxygens (including phenoxy) is 1. The van der Waals surface area contributed by atoms with E-state index in [-0.39, 0.29) is 11.6 Å². The van der Waals surface area contributed by atoms with Crippen LogP contribution in [0.5, 0.6) is 5.88 Å². The third-order valence-electron chi connectivity index (χ3n) is 1.57. The first-order chi connectivity index (χ1) is 6.61. The van der Waals surface area contributed by atoms with Gasteiger partial charge in [0.1, 0.15) is 0 Å². The molecule has 8 heteroatoms. The van der Waals surface area contributed by atoms with E-state index in [1.54, 1.807) is 0 Å². The van der Waals surface area contributed by atoms with Gasteiger partial charge in [-0.15, -0.1) is 0 Å². The Bertz CT molecular complexity index is 336. The molecule has 1 rings (SSSR count). The van der Waals surface area contributed by atoms with Crippen LogP contribution in [0.3, 0.4) is 0 Å². The minimum absolute atomic E-state index is 0.200. The van der Waals surface area contributed by atoms with Crippen molar-refractivity contribution in [2.45, 2.75) is 6.04 Å². The first-order valence-electron chi connectivity index (χ1n) is 3.66. The maximum absolute atomic E-state index is 10.6. The highest BCUT2D eigenvalue weighted by molar-refractivity contribution is 5.44. The van der Waals surface area contributed by atoms with Crippen molar-refractivity contribution in [3.8, 4) is 5.88 Å². The van der Waals surface area contributed by atoms with E-state index in [0.29, 0.717) is 0 Å². The third-order valence-corrected chi connectivity index (χ3v) is 1.57. The van der Waals surface area contributed by atoms with Crippen LogP contribution in [0.4, 0.5) is 5.69 Å². The average Bonchev–Trinajstić information content (AvgIpc) is 2.59. The predicted octanol–water partition coefficient (Wildman–Crippen LogP) is -0.416. The van der Waals surface area contributed by atoms with Crippen molar-refractivity contribution in [1.29, 1.82) is 0 Å². The second-order valence-corrected chi connectivity index (χ2v) is 2.45. The average molecular weight is 203 g/mol. The maximum atomic E-state index is 10.6. The third kappa shape index (κ3) is 1.65. The maximum Gasteiger partial charge on any atom is 0.376 e. The summed E-state index contributed by atoms with van der Waals surface area (Å²) in [6.07, 6.45) is 0. The second kappa shape index (κ2) is 4.03. The van der Waals surface area contributed by atoms with Gasteiger partial charge in [-0.1, -0.05) is 0 Å². The van der Waals surface area contributed by atoms with Gasteiger partial charge in [0, 0.05) is 0 Å². The molecular formula is C6H9N3O5. The van der Waals surface area contributed by atoms with Crippen molar-refractivity contribution in [1.82, 2.24) is 5.16 Å². The number of nitrogens with two attached hydrogens (primary N) is 1. The van der Waals surface area contributed by atoms with Gasteiger partial charge >= 0.3 is 11.6 Å². The van der Waals surface area contributed by atoms with Crippen molar-refractivity contribution in [3.05, 3.63) is 15.9 Å². The minimum atomic E-state index is -0.980. The molecule has 0 bridgehead atoms. The molecule has 1 aromatic rings.